The van der Waals surface area contributed by atoms with Crippen molar-refractivity contribution < 1.29 is 23.1 Å². The van der Waals surface area contributed by atoms with Crippen molar-refractivity contribution >= 4 is 28.0 Å². The molecule has 0 aromatic rings. The fraction of sp³-hybridized carbons (Fsp3) is 0. The van der Waals surface area contributed by atoms with E-state index >= 15 is 0 Å². The Labute approximate surface area is 51.2 Å². The molecule has 3 radical (unpaired) electrons. The van der Waals surface area contributed by atoms with Crippen LogP contribution in [0, 0.1) is 0 Å². The molecule has 1 nitrogen and oxygen atoms in total. The first-order chi connectivity index (χ1) is 1.00. The van der Waals surface area contributed by atoms with Gasteiger partial charge in [-0.2, -0.15) is 0 Å². The van der Waals surface area contributed by atoms with Gasteiger partial charge < -0.3 is 0 Å². The van der Waals surface area contributed by atoms with Gasteiger partial charge in [0.15, 0.2) is 0 Å². The summed E-state index contributed by atoms with van der Waals surface area (Å²) < 4.78 is 7.94. The molecule has 0 aromatic heterocycles. The molecule has 0 N–H and O–H groups in total. The van der Waals surface area contributed by atoms with Crippen LogP contribution >= 0.6 is 9.12 Å². The Hall–Kier alpha value is 1.28. The molecule has 4 heavy (non-hydrogen) atoms. The van der Waals surface area contributed by atoms with Gasteiger partial charge in [-0.15, -0.1) is 0 Å². The monoisotopic (exact) mass is 105 g/mol. The van der Waals surface area contributed by atoms with Crippen molar-refractivity contribution in [2.45, 2.75) is 0 Å². The molecule has 0 fully saturated rings. The van der Waals surface area contributed by atoms with Crippen molar-refractivity contribution in [3.8, 4) is 0 Å². The molecular formula is LiOPV. The second-order valence-electron chi connectivity index (χ2n) is 0. The SMILES string of the molecule is O=[P].[Li].[V]. The molecule has 0 rings (SSSR count). The van der Waals surface area contributed by atoms with E-state index in [4.69, 9.17) is 4.57 Å². The molecule has 0 aromatic carbocycles. The predicted octanol–water partition coefficient (Wildman–Crippen LogP) is 0.359. The minimum Gasteiger partial charge on any atom is -0.261 e. The molecule has 0 aliphatic carbocycles. The summed E-state index contributed by atoms with van der Waals surface area (Å²) in [6, 6.07) is 0. The molecule has 0 aliphatic rings. The fourth-order valence-corrected chi connectivity index (χ4v) is 0. The maximum atomic E-state index is 7.94. The maximum absolute atomic E-state index is 7.94. The van der Waals surface area contributed by atoms with Gasteiger partial charge in [0.2, 0.25) is 0 Å². The van der Waals surface area contributed by atoms with Gasteiger partial charge in [-0.25, -0.2) is 0 Å². The summed E-state index contributed by atoms with van der Waals surface area (Å²) in [7, 11) is 2.28. The van der Waals surface area contributed by atoms with E-state index in [1.54, 1.807) is 0 Å². The topological polar surface area (TPSA) is 17.1 Å². The Balaban J connectivity index is -0.00000000500. The van der Waals surface area contributed by atoms with Gasteiger partial charge >= 0.3 is 0 Å². The molecule has 0 amide bonds. The molecule has 0 saturated carbocycles. The second-order valence-corrected chi connectivity index (χ2v) is 0. The molecule has 0 aliphatic heterocycles. The maximum Gasteiger partial charge on any atom is 0.261 e. The average molecular weight is 105 g/mol. The normalized spacial score (nSPS) is 1.00. The van der Waals surface area contributed by atoms with E-state index in [1.165, 1.54) is 0 Å². The molecule has 4 heteroatoms. The van der Waals surface area contributed by atoms with E-state index in [2.05, 4.69) is 9.12 Å². The van der Waals surface area contributed by atoms with E-state index in [-0.39, 0.29) is 37.4 Å². The van der Waals surface area contributed by atoms with E-state index in [0.717, 1.165) is 0 Å². The predicted molar refractivity (Wildman–Crippen MR) is 13.4 cm³/mol. The van der Waals surface area contributed by atoms with Gasteiger partial charge in [-0.3, -0.25) is 4.57 Å². The Bertz CT molecular complexity index is 8.00. The summed E-state index contributed by atoms with van der Waals surface area (Å²) in [5, 5.41) is 0. The van der Waals surface area contributed by atoms with Crippen molar-refractivity contribution in [1.29, 1.82) is 0 Å². The van der Waals surface area contributed by atoms with Crippen LogP contribution in [0.15, 0.2) is 0 Å². The Kier molecular flexibility index (Phi) is 131. The first-order valence-corrected chi connectivity index (χ1v) is 0.548. The Morgan fingerprint density at radius 2 is 1.25 bits per heavy atom. The first kappa shape index (κ1) is 18.6. The summed E-state index contributed by atoms with van der Waals surface area (Å²) in [6.07, 6.45) is 0. The van der Waals surface area contributed by atoms with Crippen molar-refractivity contribution in [1.82, 2.24) is 0 Å². The third-order valence-corrected chi connectivity index (χ3v) is 0. The quantitative estimate of drug-likeness (QED) is 0.321. The van der Waals surface area contributed by atoms with Crippen molar-refractivity contribution in [3.63, 3.8) is 0 Å². The standard InChI is InChI=1S/Li.OP.V/c;1-2;. The van der Waals surface area contributed by atoms with Crippen LogP contribution in [0.2, 0.25) is 0 Å². The average Bonchev–Trinajstić information content (AvgIpc) is 1.00. The fourth-order valence-electron chi connectivity index (χ4n) is 0. The second kappa shape index (κ2) is 28.1. The van der Waals surface area contributed by atoms with Crippen LogP contribution in [0.1, 0.15) is 0 Å². The van der Waals surface area contributed by atoms with Gasteiger partial charge in [0.25, 0.3) is 9.12 Å². The van der Waals surface area contributed by atoms with Crippen LogP contribution in [0.5, 0.6) is 0 Å². The van der Waals surface area contributed by atoms with Crippen LogP contribution < -0.4 is 0 Å². The van der Waals surface area contributed by atoms with E-state index < -0.39 is 0 Å². The number of rotatable bonds is 0. The summed E-state index contributed by atoms with van der Waals surface area (Å²) in [5.74, 6) is 0. The Morgan fingerprint density at radius 1 is 1.25 bits per heavy atom. The number of hydrogen-bond acceptors (Lipinski definition) is 1. The van der Waals surface area contributed by atoms with Crippen molar-refractivity contribution in [3.05, 3.63) is 0 Å². The van der Waals surface area contributed by atoms with Crippen LogP contribution in [-0.2, 0) is 23.1 Å². The molecular weight excluding hydrogens is 105 g/mol. The zero-order valence-electron chi connectivity index (χ0n) is 2.30. The van der Waals surface area contributed by atoms with Crippen LogP contribution in [-0.4, -0.2) is 18.9 Å². The molecule has 0 bridgehead atoms. The van der Waals surface area contributed by atoms with Crippen LogP contribution in [0.25, 0.3) is 0 Å². The summed E-state index contributed by atoms with van der Waals surface area (Å²) in [6.45, 7) is 0. The largest absolute Gasteiger partial charge is 0.261 e. The molecule has 0 saturated heterocycles. The Morgan fingerprint density at radius 3 is 1.25 bits per heavy atom. The first-order valence-electron chi connectivity index (χ1n) is 0.183. The third-order valence-electron chi connectivity index (χ3n) is 0. The molecule has 0 spiro atoms. The molecule has 0 unspecified atom stereocenters. The summed E-state index contributed by atoms with van der Waals surface area (Å²) >= 11 is 0. The van der Waals surface area contributed by atoms with E-state index in [9.17, 15) is 0 Å². The summed E-state index contributed by atoms with van der Waals surface area (Å²) in [5.41, 5.74) is 0. The van der Waals surface area contributed by atoms with Gasteiger partial charge in [-0.05, 0) is 0 Å². The minimum atomic E-state index is 0. The van der Waals surface area contributed by atoms with Crippen molar-refractivity contribution in [2.24, 2.45) is 0 Å². The van der Waals surface area contributed by atoms with E-state index in [1.807, 2.05) is 0 Å². The van der Waals surface area contributed by atoms with Gasteiger partial charge in [0, 0.05) is 37.4 Å². The van der Waals surface area contributed by atoms with E-state index in [0.29, 0.717) is 0 Å². The zero-order chi connectivity index (χ0) is 2.00. The zero-order valence-corrected chi connectivity index (χ0v) is 4.59. The minimum absolute atomic E-state index is 0. The van der Waals surface area contributed by atoms with Gasteiger partial charge in [0.05, 0.1) is 0 Å². The van der Waals surface area contributed by atoms with Gasteiger partial charge in [-0.1, -0.05) is 0 Å². The third kappa shape index (κ3) is 10.4. The molecule has 17 valence electrons. The molecule has 0 heterocycles. The number of hydrogen-bond donors (Lipinski definition) is 0. The van der Waals surface area contributed by atoms with Crippen molar-refractivity contribution in [2.75, 3.05) is 0 Å². The smallest absolute Gasteiger partial charge is 0.261 e. The van der Waals surface area contributed by atoms with Crippen LogP contribution in [0.3, 0.4) is 0 Å². The summed E-state index contributed by atoms with van der Waals surface area (Å²) in [4.78, 5) is 0. The van der Waals surface area contributed by atoms with Gasteiger partial charge in [0.1, 0.15) is 0 Å². The molecule has 0 atom stereocenters. The van der Waals surface area contributed by atoms with Crippen LogP contribution in [0.4, 0.5) is 0 Å².